The number of hydrogen-bond acceptors (Lipinski definition) is 3. The van der Waals surface area contributed by atoms with E-state index in [9.17, 15) is 9.18 Å². The van der Waals surface area contributed by atoms with E-state index in [0.717, 1.165) is 16.9 Å². The third-order valence-electron chi connectivity index (χ3n) is 4.01. The summed E-state index contributed by atoms with van der Waals surface area (Å²) < 4.78 is 16.0. The zero-order chi connectivity index (χ0) is 16.6. The van der Waals surface area contributed by atoms with Gasteiger partial charge in [-0.1, -0.05) is 18.2 Å². The average Bonchev–Trinajstić information content (AvgIpc) is 2.83. The first kappa shape index (κ1) is 15.2. The number of carbonyl (C=O) groups is 1. The van der Waals surface area contributed by atoms with Crippen molar-refractivity contribution in [3.05, 3.63) is 59.7 Å². The number of aryl methyl sites for hydroxylation is 1. The largest absolute Gasteiger partial charge is 0.366 e. The summed E-state index contributed by atoms with van der Waals surface area (Å²) in [6.07, 6.45) is 0. The van der Waals surface area contributed by atoms with Crippen LogP contribution in [0.1, 0.15) is 23.1 Å². The number of nitrogens with zero attached hydrogens (tertiary/aromatic N) is 3. The molecule has 5 heteroatoms. The summed E-state index contributed by atoms with van der Waals surface area (Å²) in [7, 11) is 3.79. The van der Waals surface area contributed by atoms with Gasteiger partial charge in [0.2, 0.25) is 0 Å². The van der Waals surface area contributed by atoms with E-state index in [2.05, 4.69) is 4.98 Å². The molecule has 0 aliphatic rings. The molecule has 0 amide bonds. The first-order valence-corrected chi connectivity index (χ1v) is 7.40. The maximum atomic E-state index is 14.0. The lowest BCUT2D eigenvalue weighted by Gasteiger charge is -2.21. The molecular formula is C18H18FN3O. The topological polar surface area (TPSA) is 38.1 Å². The number of ketones is 1. The predicted octanol–water partition coefficient (Wildman–Crippen LogP) is 3.55. The van der Waals surface area contributed by atoms with Crippen molar-refractivity contribution in [3.63, 3.8) is 0 Å². The number of aromatic nitrogens is 2. The molecule has 3 rings (SSSR count). The van der Waals surface area contributed by atoms with Gasteiger partial charge in [0, 0.05) is 14.1 Å². The van der Waals surface area contributed by atoms with Crippen molar-refractivity contribution in [2.75, 3.05) is 11.9 Å². The number of Topliss-reactive ketones (excluding diaryl/α,β-unsaturated/α-hetero) is 1. The fourth-order valence-electron chi connectivity index (χ4n) is 2.81. The molecule has 1 aromatic heterocycles. The summed E-state index contributed by atoms with van der Waals surface area (Å²) in [5.41, 5.74) is 2.66. The quantitative estimate of drug-likeness (QED) is 0.692. The Balaban J connectivity index is 1.98. The van der Waals surface area contributed by atoms with Crippen LogP contribution in [-0.4, -0.2) is 22.4 Å². The highest BCUT2D eigenvalue weighted by Crippen LogP contribution is 2.25. The van der Waals surface area contributed by atoms with E-state index in [1.807, 2.05) is 47.8 Å². The van der Waals surface area contributed by atoms with Gasteiger partial charge < -0.3 is 9.47 Å². The highest BCUT2D eigenvalue weighted by Gasteiger charge is 2.17. The minimum atomic E-state index is -0.494. The van der Waals surface area contributed by atoms with Crippen LogP contribution in [0.15, 0.2) is 42.5 Å². The molecule has 0 fully saturated rings. The number of benzene rings is 2. The van der Waals surface area contributed by atoms with Crippen molar-refractivity contribution in [1.29, 1.82) is 0 Å². The molecule has 4 nitrogen and oxygen atoms in total. The number of hydrogen-bond donors (Lipinski definition) is 0. The van der Waals surface area contributed by atoms with Crippen LogP contribution in [-0.2, 0) is 13.6 Å². The second-order valence-electron chi connectivity index (χ2n) is 5.62. The maximum absolute atomic E-state index is 14.0. The number of anilines is 1. The third kappa shape index (κ3) is 2.70. The number of para-hydroxylation sites is 2. The molecule has 0 atom stereocenters. The molecule has 0 radical (unpaired) electrons. The molecule has 0 N–H and O–H groups in total. The summed E-state index contributed by atoms with van der Waals surface area (Å²) in [6.45, 7) is 1.86. The molecule has 23 heavy (non-hydrogen) atoms. The first-order chi connectivity index (χ1) is 11.0. The van der Waals surface area contributed by atoms with Crippen molar-refractivity contribution in [2.24, 2.45) is 7.05 Å². The second-order valence-corrected chi connectivity index (χ2v) is 5.62. The van der Waals surface area contributed by atoms with Gasteiger partial charge in [0.25, 0.3) is 0 Å². The third-order valence-corrected chi connectivity index (χ3v) is 4.01. The van der Waals surface area contributed by atoms with Crippen LogP contribution in [0.5, 0.6) is 0 Å². The van der Waals surface area contributed by atoms with Crippen LogP contribution in [0, 0.1) is 5.82 Å². The average molecular weight is 311 g/mol. The summed E-state index contributed by atoms with van der Waals surface area (Å²) in [5, 5.41) is 0. The highest BCUT2D eigenvalue weighted by molar-refractivity contribution is 6.00. The molecule has 0 unspecified atom stereocenters. The van der Waals surface area contributed by atoms with E-state index in [4.69, 9.17) is 0 Å². The zero-order valence-corrected chi connectivity index (χ0v) is 13.4. The lowest BCUT2D eigenvalue weighted by atomic mass is 10.1. The molecule has 118 valence electrons. The van der Waals surface area contributed by atoms with Crippen LogP contribution in [0.25, 0.3) is 11.0 Å². The molecule has 1 heterocycles. The van der Waals surface area contributed by atoms with Crippen LogP contribution < -0.4 is 4.90 Å². The van der Waals surface area contributed by atoms with Gasteiger partial charge in [-0.2, -0.15) is 0 Å². The molecule has 0 spiro atoms. The number of carbonyl (C=O) groups excluding carboxylic acids is 1. The Bertz CT molecular complexity index is 885. The van der Waals surface area contributed by atoms with Crippen molar-refractivity contribution in [3.8, 4) is 0 Å². The summed E-state index contributed by atoms with van der Waals surface area (Å²) in [4.78, 5) is 18.2. The van der Waals surface area contributed by atoms with Crippen molar-refractivity contribution in [1.82, 2.24) is 9.55 Å². The van der Waals surface area contributed by atoms with Gasteiger partial charge in [0.05, 0.1) is 28.8 Å². The molecule has 0 aliphatic heterocycles. The van der Waals surface area contributed by atoms with Crippen molar-refractivity contribution in [2.45, 2.75) is 13.5 Å². The Hall–Kier alpha value is -2.69. The first-order valence-electron chi connectivity index (χ1n) is 7.40. The smallest absolute Gasteiger partial charge is 0.164 e. The van der Waals surface area contributed by atoms with Gasteiger partial charge in [-0.05, 0) is 31.2 Å². The Morgan fingerprint density at radius 1 is 1.22 bits per heavy atom. The number of imidazole rings is 1. The second kappa shape index (κ2) is 5.83. The van der Waals surface area contributed by atoms with E-state index in [1.165, 1.54) is 13.0 Å². The highest BCUT2D eigenvalue weighted by atomic mass is 19.1. The van der Waals surface area contributed by atoms with Crippen molar-refractivity contribution < 1.29 is 9.18 Å². The van der Waals surface area contributed by atoms with Gasteiger partial charge in [0.1, 0.15) is 11.6 Å². The van der Waals surface area contributed by atoms with Crippen molar-refractivity contribution >= 4 is 22.5 Å². The van der Waals surface area contributed by atoms with Crippen LogP contribution >= 0.6 is 0 Å². The zero-order valence-electron chi connectivity index (χ0n) is 13.4. The summed E-state index contributed by atoms with van der Waals surface area (Å²) >= 11 is 0. The van der Waals surface area contributed by atoms with E-state index in [0.29, 0.717) is 12.2 Å². The molecular weight excluding hydrogens is 293 g/mol. The van der Waals surface area contributed by atoms with Crippen LogP contribution in [0.4, 0.5) is 10.1 Å². The minimum absolute atomic E-state index is 0.119. The fraction of sp³-hybridized carbons (Fsp3) is 0.222. The minimum Gasteiger partial charge on any atom is -0.366 e. The van der Waals surface area contributed by atoms with E-state index in [1.54, 1.807) is 12.1 Å². The lowest BCUT2D eigenvalue weighted by Crippen LogP contribution is -2.21. The molecule has 0 saturated carbocycles. The van der Waals surface area contributed by atoms with Gasteiger partial charge >= 0.3 is 0 Å². The number of rotatable bonds is 4. The Morgan fingerprint density at radius 2 is 1.96 bits per heavy atom. The Kier molecular flexibility index (Phi) is 3.86. The normalized spacial score (nSPS) is 11.0. The Morgan fingerprint density at radius 3 is 2.65 bits per heavy atom. The molecule has 0 aliphatic carbocycles. The van der Waals surface area contributed by atoms with Gasteiger partial charge in [-0.25, -0.2) is 9.37 Å². The van der Waals surface area contributed by atoms with Crippen LogP contribution in [0.3, 0.4) is 0 Å². The summed E-state index contributed by atoms with van der Waals surface area (Å²) in [5.74, 6) is 0.0780. The number of fused-ring (bicyclic) bond motifs is 1. The molecule has 0 saturated heterocycles. The molecule has 0 bridgehead atoms. The fourth-order valence-corrected chi connectivity index (χ4v) is 2.81. The van der Waals surface area contributed by atoms with Gasteiger partial charge in [-0.15, -0.1) is 0 Å². The Labute approximate surface area is 134 Å². The van der Waals surface area contributed by atoms with E-state index >= 15 is 0 Å². The van der Waals surface area contributed by atoms with Gasteiger partial charge in [0.15, 0.2) is 5.78 Å². The van der Waals surface area contributed by atoms with Crippen LogP contribution in [0.2, 0.25) is 0 Å². The lowest BCUT2D eigenvalue weighted by molar-refractivity contribution is 0.101. The SMILES string of the molecule is CC(=O)c1c(F)cccc1N(C)Cc1nc2ccccc2n1C. The van der Waals surface area contributed by atoms with Gasteiger partial charge in [-0.3, -0.25) is 4.79 Å². The molecule has 3 aromatic rings. The number of halogens is 1. The van der Waals surface area contributed by atoms with E-state index in [-0.39, 0.29) is 11.3 Å². The van der Waals surface area contributed by atoms with E-state index < -0.39 is 5.82 Å². The summed E-state index contributed by atoms with van der Waals surface area (Å²) in [6, 6.07) is 12.6. The standard InChI is InChI=1S/C18H18FN3O/c1-12(23)18-13(19)7-6-10-16(18)21(2)11-17-20-14-8-4-5-9-15(14)22(17)3/h4-10H,11H2,1-3H3. The molecule has 2 aromatic carbocycles. The monoisotopic (exact) mass is 311 g/mol. The maximum Gasteiger partial charge on any atom is 0.164 e. The predicted molar refractivity (Wildman–Crippen MR) is 89.2 cm³/mol.